The fourth-order valence-corrected chi connectivity index (χ4v) is 5.07. The molecule has 1 amide bonds. The highest BCUT2D eigenvalue weighted by atomic mass is 19.1. The standard InChI is InChI=1S/C26H31FN6O5/c1-36-24-22(25(37-2)29-15-28-24)30-23(34)17-12-18(27)19(13-20(17)38-14-16-8-4-3-5-9-16)33-26(35)32-11-7-6-10-21(32)31-33/h12-13,15-16H,3-11,14H2,1-2H3,(H,30,34). The van der Waals surface area contributed by atoms with Crippen molar-refractivity contribution < 1.29 is 23.4 Å². The van der Waals surface area contributed by atoms with Gasteiger partial charge in [-0.3, -0.25) is 9.36 Å². The summed E-state index contributed by atoms with van der Waals surface area (Å²) in [6.07, 6.45) is 9.17. The largest absolute Gasteiger partial charge is 0.492 e. The van der Waals surface area contributed by atoms with E-state index >= 15 is 4.39 Å². The third kappa shape index (κ3) is 5.07. The van der Waals surface area contributed by atoms with Crippen LogP contribution in [0.25, 0.3) is 5.69 Å². The monoisotopic (exact) mass is 526 g/mol. The zero-order valence-corrected chi connectivity index (χ0v) is 21.5. The second kappa shape index (κ2) is 11.2. The van der Waals surface area contributed by atoms with E-state index in [0.29, 0.717) is 31.3 Å². The normalized spacial score (nSPS) is 15.6. The first kappa shape index (κ1) is 25.7. The highest BCUT2D eigenvalue weighted by molar-refractivity contribution is 6.07. The van der Waals surface area contributed by atoms with Crippen LogP contribution in [0.3, 0.4) is 0 Å². The van der Waals surface area contributed by atoms with Crippen molar-refractivity contribution in [3.05, 3.63) is 46.1 Å². The molecule has 1 N–H and O–H groups in total. The number of hydrogen-bond donors (Lipinski definition) is 1. The molecule has 2 aromatic heterocycles. The molecule has 11 nitrogen and oxygen atoms in total. The van der Waals surface area contributed by atoms with Crippen molar-refractivity contribution in [1.29, 1.82) is 0 Å². The van der Waals surface area contributed by atoms with Crippen LogP contribution < -0.4 is 25.2 Å². The number of rotatable bonds is 8. The molecule has 1 fully saturated rings. The highest BCUT2D eigenvalue weighted by Crippen LogP contribution is 2.33. The smallest absolute Gasteiger partial charge is 0.350 e. The van der Waals surface area contributed by atoms with Gasteiger partial charge in [0.25, 0.3) is 5.91 Å². The van der Waals surface area contributed by atoms with Crippen LogP contribution >= 0.6 is 0 Å². The summed E-state index contributed by atoms with van der Waals surface area (Å²) in [5.41, 5.74) is -0.425. The van der Waals surface area contributed by atoms with Crippen LogP contribution in [0.5, 0.6) is 17.5 Å². The quantitative estimate of drug-likeness (QED) is 0.473. The first-order valence-electron chi connectivity index (χ1n) is 12.9. The number of aromatic nitrogens is 5. The minimum absolute atomic E-state index is 0.0490. The third-order valence-electron chi connectivity index (χ3n) is 7.10. The summed E-state index contributed by atoms with van der Waals surface area (Å²) >= 11 is 0. The summed E-state index contributed by atoms with van der Waals surface area (Å²) in [6.45, 7) is 0.922. The van der Waals surface area contributed by atoms with Gasteiger partial charge in [-0.05, 0) is 37.7 Å². The average molecular weight is 527 g/mol. The molecule has 3 heterocycles. The number of anilines is 1. The molecule has 38 heavy (non-hydrogen) atoms. The fraction of sp³-hybridized carbons (Fsp3) is 0.500. The molecular weight excluding hydrogens is 495 g/mol. The van der Waals surface area contributed by atoms with Crippen molar-refractivity contribution >= 4 is 11.6 Å². The Bertz CT molecular complexity index is 1360. The van der Waals surface area contributed by atoms with Crippen molar-refractivity contribution in [1.82, 2.24) is 24.3 Å². The molecule has 3 aromatic rings. The lowest BCUT2D eigenvalue weighted by Crippen LogP contribution is -2.27. The lowest BCUT2D eigenvalue weighted by molar-refractivity contribution is 0.101. The van der Waals surface area contributed by atoms with E-state index in [1.165, 1.54) is 33.0 Å². The van der Waals surface area contributed by atoms with Gasteiger partial charge in [0, 0.05) is 19.0 Å². The molecule has 1 aliphatic heterocycles. The van der Waals surface area contributed by atoms with Gasteiger partial charge < -0.3 is 19.5 Å². The molecule has 5 rings (SSSR count). The summed E-state index contributed by atoms with van der Waals surface area (Å²) in [5.74, 6) is -0.173. The number of benzene rings is 1. The van der Waals surface area contributed by atoms with E-state index in [0.717, 1.165) is 49.3 Å². The second-order valence-electron chi connectivity index (χ2n) is 9.56. The Morgan fingerprint density at radius 3 is 2.50 bits per heavy atom. The van der Waals surface area contributed by atoms with Gasteiger partial charge in [0.1, 0.15) is 29.4 Å². The number of amides is 1. The van der Waals surface area contributed by atoms with Crippen molar-refractivity contribution in [2.24, 2.45) is 5.92 Å². The van der Waals surface area contributed by atoms with Crippen LogP contribution in [-0.4, -0.2) is 51.0 Å². The molecule has 0 bridgehead atoms. The first-order valence-corrected chi connectivity index (χ1v) is 12.9. The maximum absolute atomic E-state index is 15.5. The predicted molar refractivity (Wildman–Crippen MR) is 136 cm³/mol. The molecule has 0 spiro atoms. The Kier molecular flexibility index (Phi) is 7.57. The Hall–Kier alpha value is -3.96. The Balaban J connectivity index is 1.53. The number of aryl methyl sites for hydroxylation is 1. The number of nitrogens with one attached hydrogen (secondary N) is 1. The Morgan fingerprint density at radius 2 is 1.82 bits per heavy atom. The average Bonchev–Trinajstić information content (AvgIpc) is 3.28. The van der Waals surface area contributed by atoms with E-state index in [1.54, 1.807) is 4.57 Å². The molecule has 0 radical (unpaired) electrons. The number of carbonyl (C=O) groups is 1. The molecule has 12 heteroatoms. The van der Waals surface area contributed by atoms with E-state index in [4.69, 9.17) is 14.2 Å². The van der Waals surface area contributed by atoms with Crippen LogP contribution in [0.1, 0.15) is 61.1 Å². The maximum Gasteiger partial charge on any atom is 0.350 e. The summed E-state index contributed by atoms with van der Waals surface area (Å²) < 4.78 is 34.8. The molecule has 202 valence electrons. The number of nitrogens with zero attached hydrogens (tertiary/aromatic N) is 5. The minimum Gasteiger partial charge on any atom is -0.492 e. The number of halogens is 1. The molecule has 2 aliphatic rings. The lowest BCUT2D eigenvalue weighted by atomic mass is 9.90. The van der Waals surface area contributed by atoms with Gasteiger partial charge in [-0.25, -0.2) is 9.18 Å². The molecule has 1 aliphatic carbocycles. The van der Waals surface area contributed by atoms with Gasteiger partial charge in [-0.15, -0.1) is 5.10 Å². The molecule has 1 saturated carbocycles. The first-order chi connectivity index (χ1) is 18.5. The van der Waals surface area contributed by atoms with E-state index in [1.807, 2.05) is 0 Å². The van der Waals surface area contributed by atoms with E-state index in [-0.39, 0.29) is 34.4 Å². The van der Waals surface area contributed by atoms with Crippen LogP contribution in [-0.2, 0) is 13.0 Å². The van der Waals surface area contributed by atoms with Crippen molar-refractivity contribution in [2.75, 3.05) is 26.1 Å². The summed E-state index contributed by atoms with van der Waals surface area (Å²) in [6, 6.07) is 2.44. The summed E-state index contributed by atoms with van der Waals surface area (Å²) in [7, 11) is 2.79. The molecular formula is C26H31FN6O5. The molecule has 0 unspecified atom stereocenters. The van der Waals surface area contributed by atoms with Crippen molar-refractivity contribution in [3.63, 3.8) is 0 Å². The lowest BCUT2D eigenvalue weighted by Gasteiger charge is -2.22. The van der Waals surface area contributed by atoms with Crippen LogP contribution in [0.4, 0.5) is 10.1 Å². The number of hydrogen-bond acceptors (Lipinski definition) is 8. The van der Waals surface area contributed by atoms with Gasteiger partial charge in [0.2, 0.25) is 11.8 Å². The van der Waals surface area contributed by atoms with Gasteiger partial charge in [0.05, 0.1) is 26.4 Å². The Labute approximate surface area is 218 Å². The van der Waals surface area contributed by atoms with Crippen LogP contribution in [0, 0.1) is 11.7 Å². The number of fused-ring (bicyclic) bond motifs is 1. The summed E-state index contributed by atoms with van der Waals surface area (Å²) in [4.78, 5) is 34.5. The topological polar surface area (TPSA) is 122 Å². The van der Waals surface area contributed by atoms with E-state index < -0.39 is 17.4 Å². The van der Waals surface area contributed by atoms with Crippen molar-refractivity contribution in [2.45, 2.75) is 57.9 Å². The van der Waals surface area contributed by atoms with Gasteiger partial charge >= 0.3 is 5.69 Å². The van der Waals surface area contributed by atoms with Gasteiger partial charge in [-0.1, -0.05) is 19.3 Å². The zero-order valence-electron chi connectivity index (χ0n) is 21.5. The fourth-order valence-electron chi connectivity index (χ4n) is 5.07. The SMILES string of the molecule is COc1ncnc(OC)c1NC(=O)c1cc(F)c(-n2nc3n(c2=O)CCCC3)cc1OCC1CCCCC1. The van der Waals surface area contributed by atoms with Crippen LogP contribution in [0.2, 0.25) is 0 Å². The molecule has 1 aromatic carbocycles. The maximum atomic E-state index is 15.5. The molecule has 0 saturated heterocycles. The van der Waals surface area contributed by atoms with Gasteiger partial charge in [0.15, 0.2) is 5.69 Å². The number of methoxy groups -OCH3 is 2. The highest BCUT2D eigenvalue weighted by Gasteiger charge is 2.26. The zero-order chi connectivity index (χ0) is 26.6. The predicted octanol–water partition coefficient (Wildman–Crippen LogP) is 3.53. The Morgan fingerprint density at radius 1 is 1.08 bits per heavy atom. The van der Waals surface area contributed by atoms with Crippen molar-refractivity contribution in [3.8, 4) is 23.2 Å². The van der Waals surface area contributed by atoms with E-state index in [9.17, 15) is 9.59 Å². The number of carbonyl (C=O) groups excluding carboxylic acids is 1. The van der Waals surface area contributed by atoms with E-state index in [2.05, 4.69) is 20.4 Å². The minimum atomic E-state index is -0.777. The number of ether oxygens (including phenoxy) is 3. The van der Waals surface area contributed by atoms with Crippen LogP contribution in [0.15, 0.2) is 23.3 Å². The second-order valence-corrected chi connectivity index (χ2v) is 9.56. The molecule has 0 atom stereocenters. The third-order valence-corrected chi connectivity index (χ3v) is 7.10. The van der Waals surface area contributed by atoms with Gasteiger partial charge in [-0.2, -0.15) is 14.6 Å². The summed E-state index contributed by atoms with van der Waals surface area (Å²) in [5, 5.41) is 7.05.